The Hall–Kier alpha value is -0.870. The van der Waals surface area contributed by atoms with Crippen LogP contribution < -0.4 is 5.56 Å². The van der Waals surface area contributed by atoms with Gasteiger partial charge in [0.15, 0.2) is 0 Å². The summed E-state index contributed by atoms with van der Waals surface area (Å²) < 4.78 is 4.37. The predicted molar refractivity (Wildman–Crippen MR) is 97.7 cm³/mol. The van der Waals surface area contributed by atoms with E-state index in [0.29, 0.717) is 5.52 Å². The van der Waals surface area contributed by atoms with E-state index in [1.54, 1.807) is 17.8 Å². The lowest BCUT2D eigenvalue weighted by atomic mass is 10.2. The molecule has 0 N–H and O–H groups in total. The summed E-state index contributed by atoms with van der Waals surface area (Å²) in [5.74, 6) is 0. The summed E-state index contributed by atoms with van der Waals surface area (Å²) >= 11 is 5.70. The number of rotatable bonds is 2. The van der Waals surface area contributed by atoms with Gasteiger partial charge in [-0.1, -0.05) is 0 Å². The summed E-state index contributed by atoms with van der Waals surface area (Å²) in [7, 11) is 3.20. The number of fused-ring (bicyclic) bond motifs is 1. The van der Waals surface area contributed by atoms with Crippen molar-refractivity contribution < 1.29 is 0 Å². The molecule has 108 valence electrons. The molecule has 0 bridgehead atoms. The second-order valence-corrected chi connectivity index (χ2v) is 7.13. The van der Waals surface area contributed by atoms with Gasteiger partial charge in [0.2, 0.25) is 0 Å². The van der Waals surface area contributed by atoms with Gasteiger partial charge in [-0.15, -0.1) is 0 Å². The van der Waals surface area contributed by atoms with Crippen LogP contribution in [0.2, 0.25) is 0 Å². The third-order valence-corrected chi connectivity index (χ3v) is 5.51. The Balaban J connectivity index is 2.43. The maximum Gasteiger partial charge on any atom is 0.275 e. The zero-order valence-electron chi connectivity index (χ0n) is 11.2. The lowest BCUT2D eigenvalue weighted by Crippen LogP contribution is -2.17. The van der Waals surface area contributed by atoms with Crippen LogP contribution in [0.5, 0.6) is 0 Å². The first-order chi connectivity index (χ1) is 10.0. The largest absolute Gasteiger partial charge is 0.316 e. The van der Waals surface area contributed by atoms with Crippen LogP contribution in [0, 0.1) is 6.92 Å². The molecule has 0 aliphatic rings. The second kappa shape index (κ2) is 5.73. The fourth-order valence-corrected chi connectivity index (χ4v) is 4.49. The molecule has 0 aromatic carbocycles. The van der Waals surface area contributed by atoms with Gasteiger partial charge in [0.05, 0.1) is 11.4 Å². The van der Waals surface area contributed by atoms with Crippen LogP contribution in [-0.4, -0.2) is 18.5 Å². The smallest absolute Gasteiger partial charge is 0.275 e. The van der Waals surface area contributed by atoms with E-state index in [-0.39, 0.29) is 5.56 Å². The molecule has 8 heteroatoms. The molecule has 0 aliphatic heterocycles. The Bertz CT molecular complexity index is 905. The first-order valence-electron chi connectivity index (χ1n) is 6.01. The molecule has 3 rings (SSSR count). The number of nitrogens with zero attached hydrogens (tertiary/aromatic N) is 4. The molecule has 3 aromatic rings. The normalized spacial score (nSPS) is 11.2. The fraction of sp³-hybridized carbons (Fsp3) is 0.154. The minimum atomic E-state index is -0.0330. The Morgan fingerprint density at radius 3 is 2.76 bits per heavy atom. The van der Waals surface area contributed by atoms with Crippen molar-refractivity contribution in [3.05, 3.63) is 45.2 Å². The molecule has 0 atom stereocenters. The average Bonchev–Trinajstić information content (AvgIpc) is 2.85. The van der Waals surface area contributed by atoms with E-state index in [2.05, 4.69) is 47.1 Å². The van der Waals surface area contributed by atoms with Gasteiger partial charge in [-0.25, -0.2) is 9.97 Å². The molecule has 0 aliphatic carbocycles. The van der Waals surface area contributed by atoms with Gasteiger partial charge in [0, 0.05) is 59.1 Å². The van der Waals surface area contributed by atoms with Gasteiger partial charge < -0.3 is 4.57 Å². The monoisotopic (exact) mass is 476 g/mol. The highest BCUT2D eigenvalue weighted by atomic mass is 127. The molecule has 0 radical (unpaired) electrons. The molecule has 5 nitrogen and oxygen atoms in total. The molecule has 0 saturated carbocycles. The van der Waals surface area contributed by atoms with Gasteiger partial charge in [-0.2, -0.15) is 0 Å². The molecular formula is C13H10BrIN4OS. The van der Waals surface area contributed by atoms with Crippen molar-refractivity contribution in [3.8, 4) is 11.4 Å². The first kappa shape index (κ1) is 15.0. The summed E-state index contributed by atoms with van der Waals surface area (Å²) in [5.41, 5.74) is 3.20. The topological polar surface area (TPSA) is 52.7 Å². The number of hydrogen-bond donors (Lipinski definition) is 0. The number of aromatic nitrogens is 4. The summed E-state index contributed by atoms with van der Waals surface area (Å²) in [6.45, 7) is 1.92. The van der Waals surface area contributed by atoms with E-state index >= 15 is 0 Å². The van der Waals surface area contributed by atoms with Crippen molar-refractivity contribution in [2.45, 2.75) is 6.92 Å². The van der Waals surface area contributed by atoms with E-state index in [1.165, 1.54) is 15.4 Å². The summed E-state index contributed by atoms with van der Waals surface area (Å²) in [5, 5.41) is 0.883. The maximum atomic E-state index is 12.4. The van der Waals surface area contributed by atoms with Crippen LogP contribution in [0.15, 0.2) is 33.9 Å². The van der Waals surface area contributed by atoms with Gasteiger partial charge in [0.1, 0.15) is 11.8 Å². The van der Waals surface area contributed by atoms with E-state index in [4.69, 9.17) is 0 Å². The van der Waals surface area contributed by atoms with Crippen molar-refractivity contribution in [2.24, 2.45) is 7.05 Å². The molecule has 0 fully saturated rings. The molecule has 0 unspecified atom stereocenters. The lowest BCUT2D eigenvalue weighted by Gasteiger charge is -2.06. The third-order valence-electron chi connectivity index (χ3n) is 3.18. The maximum absolute atomic E-state index is 12.4. The summed E-state index contributed by atoms with van der Waals surface area (Å²) in [4.78, 5) is 20.9. The second-order valence-electron chi connectivity index (χ2n) is 4.59. The first-order valence-corrected chi connectivity index (χ1v) is 10.1. The highest BCUT2D eigenvalue weighted by Crippen LogP contribution is 2.35. The molecule has 0 spiro atoms. The van der Waals surface area contributed by atoms with Crippen LogP contribution in [-0.2, 0) is 7.05 Å². The molecule has 3 aromatic heterocycles. The van der Waals surface area contributed by atoms with Crippen molar-refractivity contribution in [1.82, 2.24) is 18.5 Å². The SMILES string of the molecule is Cc1cc(-c2cc3c(Br)cn(C)c(=O)c3n2SI)ncn1. The van der Waals surface area contributed by atoms with E-state index in [1.807, 2.05) is 23.0 Å². The Labute approximate surface area is 145 Å². The van der Waals surface area contributed by atoms with Crippen LogP contribution in [0.3, 0.4) is 0 Å². The van der Waals surface area contributed by atoms with Crippen molar-refractivity contribution in [3.63, 3.8) is 0 Å². The number of aryl methyl sites for hydroxylation is 2. The fourth-order valence-electron chi connectivity index (χ4n) is 2.19. The standard InChI is InChI=1S/C13H10BrIN4OS/c1-7-3-10(17-6-16-7)11-4-8-9(14)5-18(2)13(20)12(8)19(11)21-15/h3-6H,1-2H3. The van der Waals surface area contributed by atoms with Gasteiger partial charge in [-0.3, -0.25) is 8.77 Å². The average molecular weight is 477 g/mol. The molecule has 3 heterocycles. The molecule has 0 amide bonds. The van der Waals surface area contributed by atoms with Gasteiger partial charge >= 0.3 is 0 Å². The zero-order valence-corrected chi connectivity index (χ0v) is 15.7. The lowest BCUT2D eigenvalue weighted by molar-refractivity contribution is 0.865. The van der Waals surface area contributed by atoms with Crippen molar-refractivity contribution >= 4 is 57.2 Å². The van der Waals surface area contributed by atoms with Crippen molar-refractivity contribution in [1.29, 1.82) is 0 Å². The summed E-state index contributed by atoms with van der Waals surface area (Å²) in [6, 6.07) is 3.89. The molecular weight excluding hydrogens is 467 g/mol. The summed E-state index contributed by atoms with van der Waals surface area (Å²) in [6.07, 6.45) is 3.32. The number of pyridine rings is 1. The van der Waals surface area contributed by atoms with Gasteiger partial charge in [0.25, 0.3) is 5.56 Å². The molecule has 0 saturated heterocycles. The third kappa shape index (κ3) is 2.53. The molecule has 21 heavy (non-hydrogen) atoms. The highest BCUT2D eigenvalue weighted by Gasteiger charge is 2.17. The number of halogens is 2. The Morgan fingerprint density at radius 1 is 1.33 bits per heavy atom. The zero-order chi connectivity index (χ0) is 15.1. The van der Waals surface area contributed by atoms with Crippen LogP contribution in [0.1, 0.15) is 5.69 Å². The Morgan fingerprint density at radius 2 is 2.10 bits per heavy atom. The van der Waals surface area contributed by atoms with E-state index in [0.717, 1.165) is 26.9 Å². The van der Waals surface area contributed by atoms with Crippen LogP contribution in [0.25, 0.3) is 22.3 Å². The van der Waals surface area contributed by atoms with E-state index < -0.39 is 0 Å². The quantitative estimate of drug-likeness (QED) is 0.529. The van der Waals surface area contributed by atoms with Crippen LogP contribution >= 0.6 is 46.3 Å². The van der Waals surface area contributed by atoms with Crippen molar-refractivity contribution in [2.75, 3.05) is 0 Å². The number of hydrogen-bond acceptors (Lipinski definition) is 4. The van der Waals surface area contributed by atoms with E-state index in [9.17, 15) is 4.79 Å². The minimum Gasteiger partial charge on any atom is -0.316 e. The Kier molecular flexibility index (Phi) is 4.10. The van der Waals surface area contributed by atoms with Crippen LogP contribution in [0.4, 0.5) is 0 Å². The predicted octanol–water partition coefficient (Wildman–Crippen LogP) is 3.71. The van der Waals surface area contributed by atoms with Gasteiger partial charge in [-0.05, 0) is 35.0 Å². The minimum absolute atomic E-state index is 0.0330. The highest BCUT2D eigenvalue weighted by molar-refractivity contribution is 14.2.